The van der Waals surface area contributed by atoms with Crippen molar-refractivity contribution in [1.82, 2.24) is 30.5 Å². The molecule has 0 radical (unpaired) electrons. The van der Waals surface area contributed by atoms with Crippen molar-refractivity contribution >= 4 is 23.5 Å². The van der Waals surface area contributed by atoms with Crippen molar-refractivity contribution in [3.05, 3.63) is 42.2 Å². The molecule has 26 heavy (non-hydrogen) atoms. The average molecular weight is 357 g/mol. The number of carbonyl (C=O) groups excluding carboxylic acids is 3. The van der Waals surface area contributed by atoms with E-state index in [9.17, 15) is 14.4 Å². The van der Waals surface area contributed by atoms with E-state index >= 15 is 0 Å². The third-order valence-corrected chi connectivity index (χ3v) is 4.16. The van der Waals surface area contributed by atoms with Crippen molar-refractivity contribution in [1.29, 1.82) is 0 Å². The summed E-state index contributed by atoms with van der Waals surface area (Å²) in [6, 6.07) is 2.71. The van der Waals surface area contributed by atoms with Crippen LogP contribution in [0.25, 0.3) is 0 Å². The molecule has 0 aliphatic carbocycles. The highest BCUT2D eigenvalue weighted by molar-refractivity contribution is 6.07. The molecule has 4 amide bonds. The van der Waals surface area contributed by atoms with Crippen LogP contribution in [0.4, 0.5) is 10.5 Å². The van der Waals surface area contributed by atoms with Crippen LogP contribution in [-0.2, 0) is 17.4 Å². The Hall–Kier alpha value is -3.43. The molecule has 1 fully saturated rings. The van der Waals surface area contributed by atoms with Gasteiger partial charge in [0, 0.05) is 33.5 Å². The highest BCUT2D eigenvalue weighted by Crippen LogP contribution is 2.22. The molecule has 2 aromatic heterocycles. The van der Waals surface area contributed by atoms with Crippen LogP contribution in [0.2, 0.25) is 0 Å². The van der Waals surface area contributed by atoms with Crippen LogP contribution >= 0.6 is 0 Å². The normalized spacial score (nSPS) is 19.0. The van der Waals surface area contributed by atoms with Crippen molar-refractivity contribution < 1.29 is 14.4 Å². The Morgan fingerprint density at radius 3 is 2.58 bits per heavy atom. The monoisotopic (exact) mass is 357 g/mol. The van der Waals surface area contributed by atoms with E-state index in [0.717, 1.165) is 5.69 Å². The van der Waals surface area contributed by atoms with Crippen LogP contribution in [0, 0.1) is 0 Å². The van der Waals surface area contributed by atoms with Gasteiger partial charge in [-0.05, 0) is 12.1 Å². The molecule has 1 unspecified atom stereocenters. The summed E-state index contributed by atoms with van der Waals surface area (Å²) in [7, 11) is 5.44. The third kappa shape index (κ3) is 2.96. The zero-order chi connectivity index (χ0) is 18.9. The van der Waals surface area contributed by atoms with E-state index < -0.39 is 23.4 Å². The van der Waals surface area contributed by atoms with Crippen LogP contribution in [0.15, 0.2) is 30.7 Å². The molecule has 1 atom stereocenters. The Labute approximate surface area is 149 Å². The number of imide groups is 1. The van der Waals surface area contributed by atoms with E-state index in [2.05, 4.69) is 25.9 Å². The highest BCUT2D eigenvalue weighted by Gasteiger charge is 2.50. The number of hydrogen-bond acceptors (Lipinski definition) is 6. The van der Waals surface area contributed by atoms with Gasteiger partial charge in [-0.3, -0.25) is 14.9 Å². The minimum absolute atomic E-state index is 0.161. The number of carbonyl (C=O) groups is 3. The smallest absolute Gasteiger partial charge is 0.322 e. The molecule has 1 aliphatic rings. The molecule has 2 aromatic rings. The summed E-state index contributed by atoms with van der Waals surface area (Å²) in [5.74, 6) is -0.720. The summed E-state index contributed by atoms with van der Waals surface area (Å²) in [5.41, 5.74) is -0.419. The fraction of sp³-hybridized carbons (Fsp3) is 0.312. The Morgan fingerprint density at radius 2 is 2.08 bits per heavy atom. The second-order valence-electron chi connectivity index (χ2n) is 6.15. The van der Waals surface area contributed by atoms with Crippen molar-refractivity contribution in [2.75, 3.05) is 25.5 Å². The van der Waals surface area contributed by atoms with Gasteiger partial charge < -0.3 is 20.1 Å². The van der Waals surface area contributed by atoms with Crippen molar-refractivity contribution in [2.24, 2.45) is 7.05 Å². The number of rotatable bonds is 5. The first-order valence-electron chi connectivity index (χ1n) is 7.86. The van der Waals surface area contributed by atoms with E-state index in [0.29, 0.717) is 5.82 Å². The first-order valence-corrected chi connectivity index (χ1v) is 7.86. The van der Waals surface area contributed by atoms with Gasteiger partial charge in [0.25, 0.3) is 11.8 Å². The summed E-state index contributed by atoms with van der Waals surface area (Å²) < 4.78 is 1.61. The predicted molar refractivity (Wildman–Crippen MR) is 92.5 cm³/mol. The number of imidazole rings is 1. The van der Waals surface area contributed by atoms with Crippen molar-refractivity contribution in [3.63, 3.8) is 0 Å². The lowest BCUT2D eigenvalue weighted by atomic mass is 9.98. The molecule has 3 rings (SSSR count). The van der Waals surface area contributed by atoms with Gasteiger partial charge in [0.2, 0.25) is 0 Å². The molecule has 10 heteroatoms. The summed E-state index contributed by atoms with van der Waals surface area (Å²) in [5, 5.41) is 7.41. The zero-order valence-corrected chi connectivity index (χ0v) is 14.6. The van der Waals surface area contributed by atoms with Gasteiger partial charge in [0.15, 0.2) is 5.54 Å². The molecule has 1 aliphatic heterocycles. The maximum Gasteiger partial charge on any atom is 0.322 e. The topological polar surface area (TPSA) is 121 Å². The zero-order valence-electron chi connectivity index (χ0n) is 14.6. The molecule has 0 saturated carbocycles. The minimum atomic E-state index is -1.48. The van der Waals surface area contributed by atoms with Gasteiger partial charge in [0.05, 0.1) is 18.4 Å². The lowest BCUT2D eigenvalue weighted by Crippen LogP contribution is -2.54. The van der Waals surface area contributed by atoms with E-state index in [1.165, 1.54) is 6.20 Å². The second kappa shape index (κ2) is 6.47. The number of nitrogens with one attached hydrogen (secondary N) is 3. The van der Waals surface area contributed by atoms with Crippen LogP contribution in [-0.4, -0.2) is 53.0 Å². The average Bonchev–Trinajstić information content (AvgIpc) is 3.16. The number of amides is 4. The Morgan fingerprint density at radius 1 is 1.31 bits per heavy atom. The number of pyridine rings is 1. The lowest BCUT2D eigenvalue weighted by Gasteiger charge is -2.25. The van der Waals surface area contributed by atoms with Gasteiger partial charge in [-0.1, -0.05) is 0 Å². The first-order chi connectivity index (χ1) is 12.3. The Balaban J connectivity index is 1.81. The molecule has 1 saturated heterocycles. The largest absolute Gasteiger partial charge is 0.376 e. The van der Waals surface area contributed by atoms with Crippen LogP contribution in [0.3, 0.4) is 0 Å². The lowest BCUT2D eigenvalue weighted by molar-refractivity contribution is -0.124. The molecule has 10 nitrogen and oxygen atoms in total. The summed E-state index contributed by atoms with van der Waals surface area (Å²) in [4.78, 5) is 46.6. The summed E-state index contributed by atoms with van der Waals surface area (Å²) >= 11 is 0. The SMILES string of the molecule is CN(C)c1ccc(C(=O)NCC2(c3nccn3C)NC(=O)NC2=O)nc1. The fourth-order valence-electron chi connectivity index (χ4n) is 2.72. The standard InChI is InChI=1S/C16H19N7O3/c1-22(2)10-4-5-11(18-8-10)12(24)19-9-16(13-17-6-7-23(13)3)14(25)20-15(26)21-16/h4-8H,9H2,1-3H3,(H,19,24)(H2,20,21,25,26). The quantitative estimate of drug-likeness (QED) is 0.611. The Kier molecular flexibility index (Phi) is 4.33. The summed E-state index contributed by atoms with van der Waals surface area (Å²) in [6.45, 7) is -0.161. The van der Waals surface area contributed by atoms with Crippen LogP contribution in [0.1, 0.15) is 16.3 Å². The number of aryl methyl sites for hydroxylation is 1. The van der Waals surface area contributed by atoms with E-state index in [-0.39, 0.29) is 12.2 Å². The first kappa shape index (κ1) is 17.4. The van der Waals surface area contributed by atoms with Gasteiger partial charge in [-0.25, -0.2) is 14.8 Å². The third-order valence-electron chi connectivity index (χ3n) is 4.16. The van der Waals surface area contributed by atoms with E-state index in [1.54, 1.807) is 36.1 Å². The van der Waals surface area contributed by atoms with Gasteiger partial charge in [-0.2, -0.15) is 0 Å². The number of aromatic nitrogens is 3. The van der Waals surface area contributed by atoms with Crippen LogP contribution in [0.5, 0.6) is 0 Å². The van der Waals surface area contributed by atoms with Gasteiger partial charge in [0.1, 0.15) is 11.5 Å². The molecule has 3 heterocycles. The number of hydrogen-bond donors (Lipinski definition) is 3. The van der Waals surface area contributed by atoms with Crippen molar-refractivity contribution in [2.45, 2.75) is 5.54 Å². The van der Waals surface area contributed by atoms with E-state index in [4.69, 9.17) is 0 Å². The fourth-order valence-corrected chi connectivity index (χ4v) is 2.72. The predicted octanol–water partition coefficient (Wildman–Crippen LogP) is -0.654. The van der Waals surface area contributed by atoms with Crippen molar-refractivity contribution in [3.8, 4) is 0 Å². The minimum Gasteiger partial charge on any atom is -0.376 e. The Bertz CT molecular complexity index is 859. The molecule has 136 valence electrons. The second-order valence-corrected chi connectivity index (χ2v) is 6.15. The molecule has 0 bridgehead atoms. The van der Waals surface area contributed by atoms with E-state index in [1.807, 2.05) is 19.0 Å². The maximum absolute atomic E-state index is 12.4. The number of urea groups is 1. The van der Waals surface area contributed by atoms with Gasteiger partial charge in [-0.15, -0.1) is 0 Å². The number of nitrogens with zero attached hydrogens (tertiary/aromatic N) is 4. The molecule has 0 spiro atoms. The van der Waals surface area contributed by atoms with Gasteiger partial charge >= 0.3 is 6.03 Å². The molecule has 3 N–H and O–H groups in total. The summed E-state index contributed by atoms with van der Waals surface area (Å²) in [6.07, 6.45) is 4.74. The maximum atomic E-state index is 12.4. The molecule has 0 aromatic carbocycles. The van der Waals surface area contributed by atoms with Crippen LogP contribution < -0.4 is 20.9 Å². The molecular formula is C16H19N7O3. The number of anilines is 1. The molecular weight excluding hydrogens is 338 g/mol. The highest BCUT2D eigenvalue weighted by atomic mass is 16.2.